The first-order chi connectivity index (χ1) is 6.92. The SMILES string of the molecule is COC(=O)c1ccc(OS(=O)(=O)F)cc1. The second-order valence-corrected chi connectivity index (χ2v) is 3.45. The van der Waals surface area contributed by atoms with Gasteiger partial charge in [-0.05, 0) is 24.3 Å². The summed E-state index contributed by atoms with van der Waals surface area (Å²) in [5.41, 5.74) is 0.209. The molecule has 0 bridgehead atoms. The first-order valence-electron chi connectivity index (χ1n) is 3.75. The molecule has 82 valence electrons. The minimum Gasteiger partial charge on any atom is -0.465 e. The fourth-order valence-corrected chi connectivity index (χ4v) is 1.22. The Bertz CT molecular complexity index is 450. The van der Waals surface area contributed by atoms with E-state index in [1.54, 1.807) is 0 Å². The summed E-state index contributed by atoms with van der Waals surface area (Å²) < 4.78 is 40.6. The van der Waals surface area contributed by atoms with Crippen molar-refractivity contribution >= 4 is 16.5 Å². The number of methoxy groups -OCH3 is 1. The number of hydrogen-bond donors (Lipinski definition) is 0. The summed E-state index contributed by atoms with van der Waals surface area (Å²) in [6.45, 7) is 0. The van der Waals surface area contributed by atoms with Crippen LogP contribution >= 0.6 is 0 Å². The van der Waals surface area contributed by atoms with Gasteiger partial charge in [0.2, 0.25) is 0 Å². The maximum Gasteiger partial charge on any atom is 0.488 e. The highest BCUT2D eigenvalue weighted by molar-refractivity contribution is 7.81. The quantitative estimate of drug-likeness (QED) is 0.577. The second-order valence-electron chi connectivity index (χ2n) is 2.49. The van der Waals surface area contributed by atoms with E-state index in [0.717, 1.165) is 12.1 Å². The molecule has 0 atom stereocenters. The zero-order valence-electron chi connectivity index (χ0n) is 7.64. The summed E-state index contributed by atoms with van der Waals surface area (Å²) >= 11 is 0. The van der Waals surface area contributed by atoms with Gasteiger partial charge in [0.25, 0.3) is 0 Å². The summed E-state index contributed by atoms with van der Waals surface area (Å²) in [5.74, 6) is -0.796. The van der Waals surface area contributed by atoms with Gasteiger partial charge in [-0.2, -0.15) is 8.42 Å². The Kier molecular flexibility index (Phi) is 3.25. The van der Waals surface area contributed by atoms with Crippen LogP contribution in [0.5, 0.6) is 5.75 Å². The van der Waals surface area contributed by atoms with E-state index in [1.165, 1.54) is 19.2 Å². The standard InChI is InChI=1S/C8H7FO5S/c1-13-8(10)6-2-4-7(5-3-6)14-15(9,11)12/h2-5H,1H3. The minimum atomic E-state index is -5.03. The molecule has 0 heterocycles. The van der Waals surface area contributed by atoms with Crippen LogP contribution < -0.4 is 4.18 Å². The third-order valence-corrected chi connectivity index (χ3v) is 1.86. The molecule has 1 rings (SSSR count). The van der Waals surface area contributed by atoms with Gasteiger partial charge in [0.1, 0.15) is 5.75 Å². The lowest BCUT2D eigenvalue weighted by atomic mass is 10.2. The van der Waals surface area contributed by atoms with Crippen molar-refractivity contribution in [1.29, 1.82) is 0 Å². The molecule has 15 heavy (non-hydrogen) atoms. The van der Waals surface area contributed by atoms with Crippen molar-refractivity contribution in [3.8, 4) is 5.75 Å². The van der Waals surface area contributed by atoms with Gasteiger partial charge in [0, 0.05) is 0 Å². The van der Waals surface area contributed by atoms with Crippen LogP contribution in [0.25, 0.3) is 0 Å². The number of carbonyl (C=O) groups excluding carboxylic acids is 1. The smallest absolute Gasteiger partial charge is 0.465 e. The van der Waals surface area contributed by atoms with Crippen LogP contribution in [-0.4, -0.2) is 21.5 Å². The van der Waals surface area contributed by atoms with E-state index >= 15 is 0 Å². The predicted octanol–water partition coefficient (Wildman–Crippen LogP) is 1.07. The van der Waals surface area contributed by atoms with Crippen LogP contribution in [0.1, 0.15) is 10.4 Å². The molecule has 5 nitrogen and oxygen atoms in total. The van der Waals surface area contributed by atoms with Crippen molar-refractivity contribution in [3.63, 3.8) is 0 Å². The third kappa shape index (κ3) is 3.55. The summed E-state index contributed by atoms with van der Waals surface area (Å²) in [4.78, 5) is 11.0. The van der Waals surface area contributed by atoms with E-state index in [2.05, 4.69) is 8.92 Å². The number of benzene rings is 1. The Morgan fingerprint density at radius 1 is 1.27 bits per heavy atom. The number of hydrogen-bond acceptors (Lipinski definition) is 5. The Morgan fingerprint density at radius 2 is 1.80 bits per heavy atom. The molecule has 0 aliphatic carbocycles. The zero-order valence-corrected chi connectivity index (χ0v) is 8.45. The van der Waals surface area contributed by atoms with Crippen LogP contribution in [0, 0.1) is 0 Å². The average Bonchev–Trinajstić information content (AvgIpc) is 2.15. The van der Waals surface area contributed by atoms with Gasteiger partial charge < -0.3 is 8.92 Å². The molecule has 0 aliphatic rings. The summed E-state index contributed by atoms with van der Waals surface area (Å²) in [5, 5.41) is 0. The van der Waals surface area contributed by atoms with Crippen molar-refractivity contribution in [3.05, 3.63) is 29.8 Å². The zero-order chi connectivity index (χ0) is 11.5. The fourth-order valence-electron chi connectivity index (χ4n) is 0.879. The second kappa shape index (κ2) is 4.26. The van der Waals surface area contributed by atoms with Crippen molar-refractivity contribution in [2.75, 3.05) is 7.11 Å². The van der Waals surface area contributed by atoms with Crippen molar-refractivity contribution in [2.24, 2.45) is 0 Å². The molecule has 0 amide bonds. The van der Waals surface area contributed by atoms with Crippen LogP contribution in [0.3, 0.4) is 0 Å². The molecule has 0 saturated heterocycles. The minimum absolute atomic E-state index is 0.209. The van der Waals surface area contributed by atoms with Gasteiger partial charge in [0.15, 0.2) is 0 Å². The lowest BCUT2D eigenvalue weighted by Crippen LogP contribution is -2.03. The van der Waals surface area contributed by atoms with E-state index in [-0.39, 0.29) is 11.3 Å². The normalized spacial score (nSPS) is 10.8. The molecule has 0 radical (unpaired) electrons. The Hall–Kier alpha value is -1.63. The largest absolute Gasteiger partial charge is 0.488 e. The Morgan fingerprint density at radius 3 is 2.20 bits per heavy atom. The van der Waals surface area contributed by atoms with E-state index in [1.807, 2.05) is 0 Å². The monoisotopic (exact) mass is 234 g/mol. The molecule has 1 aromatic carbocycles. The number of ether oxygens (including phenoxy) is 1. The number of esters is 1. The number of carbonyl (C=O) groups is 1. The van der Waals surface area contributed by atoms with Gasteiger partial charge in [-0.25, -0.2) is 4.79 Å². The lowest BCUT2D eigenvalue weighted by Gasteiger charge is -2.01. The average molecular weight is 234 g/mol. The van der Waals surface area contributed by atoms with Crippen molar-refractivity contribution < 1.29 is 26.0 Å². The topological polar surface area (TPSA) is 69.7 Å². The first-order valence-corrected chi connectivity index (χ1v) is 5.05. The maximum absolute atomic E-state index is 12.1. The summed E-state index contributed by atoms with van der Waals surface area (Å²) in [7, 11) is -3.82. The summed E-state index contributed by atoms with van der Waals surface area (Å²) in [6.07, 6.45) is 0. The van der Waals surface area contributed by atoms with Crippen molar-refractivity contribution in [2.45, 2.75) is 0 Å². The van der Waals surface area contributed by atoms with Gasteiger partial charge >= 0.3 is 16.5 Å². The molecule has 0 aromatic heterocycles. The molecular weight excluding hydrogens is 227 g/mol. The predicted molar refractivity (Wildman–Crippen MR) is 48.4 cm³/mol. The Balaban J connectivity index is 2.86. The Labute approximate surface area is 85.8 Å². The number of halogens is 1. The molecule has 0 N–H and O–H groups in total. The van der Waals surface area contributed by atoms with E-state index < -0.39 is 16.5 Å². The van der Waals surface area contributed by atoms with E-state index in [9.17, 15) is 17.1 Å². The van der Waals surface area contributed by atoms with Gasteiger partial charge in [-0.3, -0.25) is 0 Å². The highest BCUT2D eigenvalue weighted by Gasteiger charge is 2.10. The third-order valence-electron chi connectivity index (χ3n) is 1.47. The van der Waals surface area contributed by atoms with Gasteiger partial charge in [-0.15, -0.1) is 0 Å². The first kappa shape index (κ1) is 11.4. The maximum atomic E-state index is 12.1. The lowest BCUT2D eigenvalue weighted by molar-refractivity contribution is 0.0600. The molecule has 0 spiro atoms. The highest BCUT2D eigenvalue weighted by Crippen LogP contribution is 2.15. The van der Waals surface area contributed by atoms with E-state index in [4.69, 9.17) is 0 Å². The molecule has 1 aromatic rings. The van der Waals surface area contributed by atoms with Gasteiger partial charge in [-0.1, -0.05) is 3.89 Å². The van der Waals surface area contributed by atoms with Crippen LogP contribution in [0.2, 0.25) is 0 Å². The van der Waals surface area contributed by atoms with E-state index in [0.29, 0.717) is 0 Å². The fraction of sp³-hybridized carbons (Fsp3) is 0.125. The molecule has 0 saturated carbocycles. The number of rotatable bonds is 3. The molecule has 0 unspecified atom stereocenters. The molecule has 7 heteroatoms. The molecule has 0 fully saturated rings. The summed E-state index contributed by atoms with van der Waals surface area (Å²) in [6, 6.07) is 4.80. The molecular formula is C8H7FO5S. The van der Waals surface area contributed by atoms with Crippen molar-refractivity contribution in [1.82, 2.24) is 0 Å². The van der Waals surface area contributed by atoms with Gasteiger partial charge in [0.05, 0.1) is 12.7 Å². The highest BCUT2D eigenvalue weighted by atomic mass is 32.3. The van der Waals surface area contributed by atoms with Crippen LogP contribution in [0.4, 0.5) is 3.89 Å². The van der Waals surface area contributed by atoms with Crippen LogP contribution in [-0.2, 0) is 15.2 Å². The van der Waals surface area contributed by atoms with Crippen LogP contribution in [0.15, 0.2) is 24.3 Å². The molecule has 0 aliphatic heterocycles.